The van der Waals surface area contributed by atoms with E-state index in [1.165, 1.54) is 35.7 Å². The molecule has 0 aliphatic heterocycles. The van der Waals surface area contributed by atoms with E-state index in [1.54, 1.807) is 6.07 Å². The molecule has 0 spiro atoms. The normalized spacial score (nSPS) is 10.7. The number of nitrogens with one attached hydrogen (secondary N) is 2. The summed E-state index contributed by atoms with van der Waals surface area (Å²) in [4.78, 5) is 43.9. The summed E-state index contributed by atoms with van der Waals surface area (Å²) >= 11 is 2.31. The minimum Gasteiger partial charge on any atom is -0.301 e. The number of carbonyl (C=O) groups is 1. The van der Waals surface area contributed by atoms with E-state index in [0.29, 0.717) is 15.8 Å². The fourth-order valence-corrected chi connectivity index (χ4v) is 3.31. The summed E-state index contributed by atoms with van der Waals surface area (Å²) in [5, 5.41) is 14.1. The highest BCUT2D eigenvalue weighted by Crippen LogP contribution is 2.28. The molecule has 9 nitrogen and oxygen atoms in total. The van der Waals surface area contributed by atoms with Gasteiger partial charge < -0.3 is 10.3 Å². The van der Waals surface area contributed by atoms with Crippen LogP contribution < -0.4 is 10.9 Å². The predicted molar refractivity (Wildman–Crippen MR) is 90.5 cm³/mol. The quantitative estimate of drug-likeness (QED) is 0.307. The number of H-pyrrole nitrogens is 1. The van der Waals surface area contributed by atoms with Crippen molar-refractivity contribution in [2.75, 3.05) is 11.1 Å². The van der Waals surface area contributed by atoms with Gasteiger partial charge in [-0.15, -0.1) is 0 Å². The molecule has 0 radical (unpaired) electrons. The van der Waals surface area contributed by atoms with Gasteiger partial charge in [-0.05, 0) is 6.07 Å². The predicted octanol–water partition coefficient (Wildman–Crippen LogP) is 2.02. The standard InChI is InChI=1S/C13H9N5O4S2/c19-10-3-4-14-12(16-10)23-6-11(20)17-13-15-8-5-7(18(21)22)1-2-9(8)24-13/h1-5H,6H2,(H,14,16,19)(H,15,17,20). The third-order valence-corrected chi connectivity index (χ3v) is 4.66. The number of thioether (sulfide) groups is 1. The van der Waals surface area contributed by atoms with Crippen LogP contribution in [0, 0.1) is 10.1 Å². The van der Waals surface area contributed by atoms with Crippen molar-refractivity contribution in [2.24, 2.45) is 0 Å². The molecule has 0 fully saturated rings. The largest absolute Gasteiger partial charge is 0.301 e. The molecule has 0 atom stereocenters. The van der Waals surface area contributed by atoms with Crippen LogP contribution in [0.4, 0.5) is 10.8 Å². The van der Waals surface area contributed by atoms with Crippen molar-refractivity contribution in [3.63, 3.8) is 0 Å². The molecule has 3 aromatic rings. The molecular formula is C13H9N5O4S2. The van der Waals surface area contributed by atoms with Crippen LogP contribution in [-0.4, -0.2) is 31.5 Å². The first-order valence-electron chi connectivity index (χ1n) is 6.54. The Morgan fingerprint density at radius 2 is 2.25 bits per heavy atom. The first-order chi connectivity index (χ1) is 11.5. The van der Waals surface area contributed by atoms with Gasteiger partial charge in [0.05, 0.1) is 20.9 Å². The number of carbonyl (C=O) groups excluding carboxylic acids is 1. The first-order valence-corrected chi connectivity index (χ1v) is 8.34. The Morgan fingerprint density at radius 3 is 3.00 bits per heavy atom. The van der Waals surface area contributed by atoms with Crippen molar-refractivity contribution < 1.29 is 9.72 Å². The Morgan fingerprint density at radius 1 is 1.42 bits per heavy atom. The number of hydrogen-bond donors (Lipinski definition) is 2. The summed E-state index contributed by atoms with van der Waals surface area (Å²) in [5.74, 6) is -0.275. The van der Waals surface area contributed by atoms with Gasteiger partial charge in [0.25, 0.3) is 11.2 Å². The fraction of sp³-hybridized carbons (Fsp3) is 0.0769. The van der Waals surface area contributed by atoms with Gasteiger partial charge in [0.2, 0.25) is 5.91 Å². The molecule has 0 aliphatic rings. The number of benzene rings is 1. The smallest absolute Gasteiger partial charge is 0.271 e. The van der Waals surface area contributed by atoms with Crippen LogP contribution in [0.5, 0.6) is 0 Å². The number of hydrogen-bond acceptors (Lipinski definition) is 8. The lowest BCUT2D eigenvalue weighted by atomic mass is 10.3. The lowest BCUT2D eigenvalue weighted by molar-refractivity contribution is -0.384. The molecule has 11 heteroatoms. The number of nitro benzene ring substituents is 1. The molecule has 0 unspecified atom stereocenters. The molecule has 2 N–H and O–H groups in total. The second kappa shape index (κ2) is 6.76. The van der Waals surface area contributed by atoms with Crippen molar-refractivity contribution in [2.45, 2.75) is 5.16 Å². The Labute approximate surface area is 142 Å². The maximum atomic E-state index is 11.9. The van der Waals surface area contributed by atoms with Crippen molar-refractivity contribution >= 4 is 50.0 Å². The van der Waals surface area contributed by atoms with E-state index in [4.69, 9.17) is 0 Å². The van der Waals surface area contributed by atoms with Crippen LogP contribution in [0.1, 0.15) is 0 Å². The third-order valence-electron chi connectivity index (χ3n) is 2.82. The van der Waals surface area contributed by atoms with Crippen molar-refractivity contribution in [1.82, 2.24) is 15.0 Å². The summed E-state index contributed by atoms with van der Waals surface area (Å²) < 4.78 is 0.734. The molecular weight excluding hydrogens is 354 g/mol. The maximum Gasteiger partial charge on any atom is 0.271 e. The Bertz CT molecular complexity index is 984. The Balaban J connectivity index is 1.66. The molecule has 1 amide bonds. The van der Waals surface area contributed by atoms with Crippen LogP contribution in [0.2, 0.25) is 0 Å². The molecule has 0 aliphatic carbocycles. The second-order valence-corrected chi connectivity index (χ2v) is 6.50. The average molecular weight is 363 g/mol. The van der Waals surface area contributed by atoms with Crippen molar-refractivity contribution in [3.8, 4) is 0 Å². The summed E-state index contributed by atoms with van der Waals surface area (Å²) in [5.41, 5.74) is 0.104. The number of non-ortho nitro benzene ring substituents is 1. The summed E-state index contributed by atoms with van der Waals surface area (Å²) in [6.45, 7) is 0. The molecule has 2 aromatic heterocycles. The molecule has 2 heterocycles. The van der Waals surface area contributed by atoms with Gasteiger partial charge >= 0.3 is 0 Å². The highest BCUT2D eigenvalue weighted by Gasteiger charge is 2.12. The number of nitro groups is 1. The molecule has 24 heavy (non-hydrogen) atoms. The highest BCUT2D eigenvalue weighted by molar-refractivity contribution is 7.99. The van der Waals surface area contributed by atoms with Crippen LogP contribution in [0.3, 0.4) is 0 Å². The minimum atomic E-state index is -0.499. The van der Waals surface area contributed by atoms with E-state index < -0.39 is 4.92 Å². The lowest BCUT2D eigenvalue weighted by Gasteiger charge is -2.00. The van der Waals surface area contributed by atoms with Crippen molar-refractivity contribution in [1.29, 1.82) is 0 Å². The molecule has 122 valence electrons. The lowest BCUT2D eigenvalue weighted by Crippen LogP contribution is -2.14. The van der Waals surface area contributed by atoms with E-state index in [9.17, 15) is 19.7 Å². The van der Waals surface area contributed by atoms with Gasteiger partial charge in [-0.2, -0.15) is 0 Å². The molecule has 0 bridgehead atoms. The number of anilines is 1. The highest BCUT2D eigenvalue weighted by atomic mass is 32.2. The van der Waals surface area contributed by atoms with Gasteiger partial charge in [-0.1, -0.05) is 23.1 Å². The number of nitrogens with zero attached hydrogens (tertiary/aromatic N) is 3. The summed E-state index contributed by atoms with van der Waals surface area (Å²) in [6, 6.07) is 5.62. The van der Waals surface area contributed by atoms with Crippen LogP contribution in [0.25, 0.3) is 10.2 Å². The zero-order valence-electron chi connectivity index (χ0n) is 11.9. The maximum absolute atomic E-state index is 11.9. The van der Waals surface area contributed by atoms with Gasteiger partial charge in [0.1, 0.15) is 0 Å². The second-order valence-electron chi connectivity index (χ2n) is 4.50. The molecule has 1 aromatic carbocycles. The van der Waals surface area contributed by atoms with Crippen LogP contribution in [0.15, 0.2) is 40.4 Å². The number of fused-ring (bicyclic) bond motifs is 1. The fourth-order valence-electron chi connectivity index (χ4n) is 1.80. The van der Waals surface area contributed by atoms with Gasteiger partial charge in [0, 0.05) is 24.4 Å². The number of amides is 1. The van der Waals surface area contributed by atoms with Gasteiger partial charge in [-0.3, -0.25) is 19.7 Å². The summed E-state index contributed by atoms with van der Waals surface area (Å²) in [7, 11) is 0. The SMILES string of the molecule is O=C(CSc1nccc(=O)[nH]1)Nc1nc2cc([N+](=O)[O-])ccc2s1. The Hall–Kier alpha value is -2.79. The Kier molecular flexibility index (Phi) is 4.53. The monoisotopic (exact) mass is 363 g/mol. The van der Waals surface area contributed by atoms with Crippen LogP contribution >= 0.6 is 23.1 Å². The van der Waals surface area contributed by atoms with E-state index >= 15 is 0 Å². The van der Waals surface area contributed by atoms with Gasteiger partial charge in [0.15, 0.2) is 10.3 Å². The van der Waals surface area contributed by atoms with Crippen molar-refractivity contribution in [3.05, 3.63) is 50.9 Å². The number of aromatic amines is 1. The first kappa shape index (κ1) is 16.1. The zero-order chi connectivity index (χ0) is 17.1. The zero-order valence-corrected chi connectivity index (χ0v) is 13.5. The van der Waals surface area contributed by atoms with Gasteiger partial charge in [-0.25, -0.2) is 9.97 Å². The van der Waals surface area contributed by atoms with E-state index in [0.717, 1.165) is 16.5 Å². The van der Waals surface area contributed by atoms with E-state index in [1.807, 2.05) is 0 Å². The molecule has 0 saturated carbocycles. The number of thiazole rings is 1. The molecule has 3 rings (SSSR count). The molecule has 0 saturated heterocycles. The topological polar surface area (TPSA) is 131 Å². The third kappa shape index (κ3) is 3.75. The minimum absolute atomic E-state index is 0.0447. The van der Waals surface area contributed by atoms with E-state index in [-0.39, 0.29) is 22.9 Å². The van der Waals surface area contributed by atoms with E-state index in [2.05, 4.69) is 20.3 Å². The summed E-state index contributed by atoms with van der Waals surface area (Å²) in [6.07, 6.45) is 1.36. The average Bonchev–Trinajstić information content (AvgIpc) is 2.94. The number of rotatable bonds is 5. The number of aromatic nitrogens is 3. The van der Waals surface area contributed by atoms with Crippen LogP contribution in [-0.2, 0) is 4.79 Å².